The Balaban J connectivity index is 2.21. The molecule has 23 heavy (non-hydrogen) atoms. The van der Waals surface area contributed by atoms with Gasteiger partial charge in [0.15, 0.2) is 0 Å². The Hall–Kier alpha value is -2.29. The maximum absolute atomic E-state index is 11.7. The standard InChI is InChI=1S/C20H24O3/c1-13(2)23-17-8-6-16(7-9-17)12-19(20(21)22)18-10-5-14(3)11-15(18)4/h5-11,13,19H,12H2,1-4H3,(H,21,22). The van der Waals surface area contributed by atoms with Crippen molar-refractivity contribution in [2.45, 2.75) is 46.1 Å². The van der Waals surface area contributed by atoms with Gasteiger partial charge < -0.3 is 9.84 Å². The van der Waals surface area contributed by atoms with Crippen LogP contribution in [0.15, 0.2) is 42.5 Å². The number of aryl methyl sites for hydroxylation is 2. The summed E-state index contributed by atoms with van der Waals surface area (Å²) in [7, 11) is 0. The van der Waals surface area contributed by atoms with Crippen LogP contribution in [0, 0.1) is 13.8 Å². The predicted molar refractivity (Wildman–Crippen MR) is 92.2 cm³/mol. The lowest BCUT2D eigenvalue weighted by molar-refractivity contribution is -0.138. The van der Waals surface area contributed by atoms with Crippen LogP contribution >= 0.6 is 0 Å². The van der Waals surface area contributed by atoms with E-state index in [4.69, 9.17) is 4.74 Å². The van der Waals surface area contributed by atoms with Gasteiger partial charge in [-0.05, 0) is 62.9 Å². The van der Waals surface area contributed by atoms with Crippen LogP contribution in [0.2, 0.25) is 0 Å². The Morgan fingerprint density at radius 3 is 2.26 bits per heavy atom. The van der Waals surface area contributed by atoms with Crippen LogP contribution in [0.1, 0.15) is 42.0 Å². The molecule has 0 amide bonds. The molecule has 3 nitrogen and oxygen atoms in total. The van der Waals surface area contributed by atoms with Crippen LogP contribution in [0.5, 0.6) is 5.75 Å². The normalized spacial score (nSPS) is 12.2. The average Bonchev–Trinajstić information content (AvgIpc) is 2.46. The van der Waals surface area contributed by atoms with Gasteiger partial charge in [0.25, 0.3) is 0 Å². The third-order valence-corrected chi connectivity index (χ3v) is 3.83. The van der Waals surface area contributed by atoms with Crippen LogP contribution in [-0.4, -0.2) is 17.2 Å². The van der Waals surface area contributed by atoms with E-state index in [-0.39, 0.29) is 6.10 Å². The van der Waals surface area contributed by atoms with Crippen LogP contribution in [0.25, 0.3) is 0 Å². The number of ether oxygens (including phenoxy) is 1. The molecular formula is C20H24O3. The summed E-state index contributed by atoms with van der Waals surface area (Å²) in [5.41, 5.74) is 4.04. The van der Waals surface area contributed by atoms with E-state index in [0.29, 0.717) is 6.42 Å². The smallest absolute Gasteiger partial charge is 0.311 e. The minimum absolute atomic E-state index is 0.128. The molecule has 0 fully saturated rings. The van der Waals surface area contributed by atoms with Crippen LogP contribution in [-0.2, 0) is 11.2 Å². The number of carboxylic acids is 1. The van der Waals surface area contributed by atoms with Crippen LogP contribution < -0.4 is 4.74 Å². The molecule has 3 heteroatoms. The van der Waals surface area contributed by atoms with Gasteiger partial charge in [-0.15, -0.1) is 0 Å². The highest BCUT2D eigenvalue weighted by atomic mass is 16.5. The number of rotatable bonds is 6. The number of carbonyl (C=O) groups is 1. The second-order valence-electron chi connectivity index (χ2n) is 6.27. The van der Waals surface area contributed by atoms with Gasteiger partial charge >= 0.3 is 5.97 Å². The van der Waals surface area contributed by atoms with Crippen molar-refractivity contribution >= 4 is 5.97 Å². The molecule has 0 spiro atoms. The van der Waals surface area contributed by atoms with E-state index in [1.165, 1.54) is 0 Å². The Kier molecular flexibility index (Phi) is 5.43. The van der Waals surface area contributed by atoms with Crippen molar-refractivity contribution in [1.29, 1.82) is 0 Å². The first-order chi connectivity index (χ1) is 10.9. The molecule has 0 saturated heterocycles. The summed E-state index contributed by atoms with van der Waals surface area (Å²) in [6.07, 6.45) is 0.601. The number of benzene rings is 2. The highest BCUT2D eigenvalue weighted by Crippen LogP contribution is 2.26. The Morgan fingerprint density at radius 1 is 1.09 bits per heavy atom. The number of hydrogen-bond donors (Lipinski definition) is 1. The van der Waals surface area contributed by atoms with E-state index < -0.39 is 11.9 Å². The van der Waals surface area contributed by atoms with E-state index in [9.17, 15) is 9.90 Å². The molecule has 2 rings (SSSR count). The fraction of sp³-hybridized carbons (Fsp3) is 0.350. The van der Waals surface area contributed by atoms with Crippen LogP contribution in [0.3, 0.4) is 0 Å². The average molecular weight is 312 g/mol. The number of carboxylic acid groups (broad SMARTS) is 1. The predicted octanol–water partition coefficient (Wildman–Crippen LogP) is 4.50. The highest BCUT2D eigenvalue weighted by molar-refractivity contribution is 5.77. The zero-order chi connectivity index (χ0) is 17.0. The molecule has 0 radical (unpaired) electrons. The summed E-state index contributed by atoms with van der Waals surface area (Å²) >= 11 is 0. The van der Waals surface area contributed by atoms with Crippen molar-refractivity contribution in [1.82, 2.24) is 0 Å². The molecule has 122 valence electrons. The summed E-state index contributed by atoms with van der Waals surface area (Å²) < 4.78 is 5.62. The molecular weight excluding hydrogens is 288 g/mol. The lowest BCUT2D eigenvalue weighted by Crippen LogP contribution is -2.15. The zero-order valence-corrected chi connectivity index (χ0v) is 14.2. The van der Waals surface area contributed by atoms with Gasteiger partial charge in [0, 0.05) is 0 Å². The SMILES string of the molecule is Cc1ccc(C(Cc2ccc(OC(C)C)cc2)C(=O)O)c(C)c1. The van der Waals surface area contributed by atoms with E-state index in [0.717, 1.165) is 28.0 Å². The van der Waals surface area contributed by atoms with Crippen molar-refractivity contribution in [2.24, 2.45) is 0 Å². The fourth-order valence-electron chi connectivity index (χ4n) is 2.76. The van der Waals surface area contributed by atoms with Crippen molar-refractivity contribution < 1.29 is 14.6 Å². The van der Waals surface area contributed by atoms with E-state index in [2.05, 4.69) is 0 Å². The molecule has 1 N–H and O–H groups in total. The van der Waals surface area contributed by atoms with Crippen molar-refractivity contribution in [3.05, 3.63) is 64.7 Å². The van der Waals surface area contributed by atoms with Crippen molar-refractivity contribution in [2.75, 3.05) is 0 Å². The molecule has 0 aliphatic heterocycles. The minimum atomic E-state index is -0.792. The lowest BCUT2D eigenvalue weighted by atomic mass is 9.88. The fourth-order valence-corrected chi connectivity index (χ4v) is 2.76. The monoisotopic (exact) mass is 312 g/mol. The van der Waals surface area contributed by atoms with E-state index in [1.807, 2.05) is 70.2 Å². The molecule has 0 aliphatic rings. The molecule has 2 aromatic carbocycles. The molecule has 1 unspecified atom stereocenters. The van der Waals surface area contributed by atoms with Crippen molar-refractivity contribution in [3.63, 3.8) is 0 Å². The first kappa shape index (κ1) is 17.1. The van der Waals surface area contributed by atoms with E-state index in [1.54, 1.807) is 0 Å². The summed E-state index contributed by atoms with van der Waals surface area (Å²) in [5, 5.41) is 9.63. The Morgan fingerprint density at radius 2 is 1.74 bits per heavy atom. The van der Waals surface area contributed by atoms with Crippen molar-refractivity contribution in [3.8, 4) is 5.75 Å². The molecule has 0 aliphatic carbocycles. The molecule has 0 aromatic heterocycles. The highest BCUT2D eigenvalue weighted by Gasteiger charge is 2.22. The Bertz CT molecular complexity index is 672. The van der Waals surface area contributed by atoms with Gasteiger partial charge in [-0.1, -0.05) is 35.9 Å². The quantitative estimate of drug-likeness (QED) is 0.854. The summed E-state index contributed by atoms with van der Waals surface area (Å²) in [4.78, 5) is 11.7. The second-order valence-corrected chi connectivity index (χ2v) is 6.27. The maximum Gasteiger partial charge on any atom is 0.311 e. The minimum Gasteiger partial charge on any atom is -0.491 e. The first-order valence-electron chi connectivity index (χ1n) is 7.92. The lowest BCUT2D eigenvalue weighted by Gasteiger charge is -2.16. The van der Waals surface area contributed by atoms with Gasteiger partial charge in [-0.25, -0.2) is 0 Å². The van der Waals surface area contributed by atoms with Gasteiger partial charge in [0.2, 0.25) is 0 Å². The molecule has 0 bridgehead atoms. The second kappa shape index (κ2) is 7.32. The number of aliphatic carboxylic acids is 1. The summed E-state index contributed by atoms with van der Waals surface area (Å²) in [6.45, 7) is 7.95. The Labute approximate surface area is 137 Å². The summed E-state index contributed by atoms with van der Waals surface area (Å²) in [5.74, 6) is -0.519. The maximum atomic E-state index is 11.7. The van der Waals surface area contributed by atoms with Gasteiger partial charge in [-0.2, -0.15) is 0 Å². The number of hydrogen-bond acceptors (Lipinski definition) is 2. The largest absolute Gasteiger partial charge is 0.491 e. The molecule has 0 saturated carbocycles. The van der Waals surface area contributed by atoms with Gasteiger partial charge in [0.1, 0.15) is 5.75 Å². The third-order valence-electron chi connectivity index (χ3n) is 3.83. The zero-order valence-electron chi connectivity index (χ0n) is 14.2. The summed E-state index contributed by atoms with van der Waals surface area (Å²) in [6, 6.07) is 13.6. The third kappa shape index (κ3) is 4.59. The van der Waals surface area contributed by atoms with Crippen LogP contribution in [0.4, 0.5) is 0 Å². The molecule has 2 aromatic rings. The topological polar surface area (TPSA) is 46.5 Å². The van der Waals surface area contributed by atoms with Gasteiger partial charge in [0.05, 0.1) is 12.0 Å². The first-order valence-corrected chi connectivity index (χ1v) is 7.92. The molecule has 1 atom stereocenters. The van der Waals surface area contributed by atoms with E-state index >= 15 is 0 Å². The van der Waals surface area contributed by atoms with Gasteiger partial charge in [-0.3, -0.25) is 4.79 Å². The molecule has 0 heterocycles.